The van der Waals surface area contributed by atoms with E-state index in [1.807, 2.05) is 12.1 Å². The normalized spacial score (nSPS) is 14.9. The Hall–Kier alpha value is -2.80. The van der Waals surface area contributed by atoms with Gasteiger partial charge in [-0.05, 0) is 17.7 Å². The van der Waals surface area contributed by atoms with E-state index in [2.05, 4.69) is 25.2 Å². The molecule has 1 N–H and O–H groups in total. The van der Waals surface area contributed by atoms with Crippen LogP contribution in [0.3, 0.4) is 0 Å². The van der Waals surface area contributed by atoms with Crippen LogP contribution in [0, 0.1) is 0 Å². The minimum absolute atomic E-state index is 0.250. The topological polar surface area (TPSA) is 80.2 Å². The van der Waals surface area contributed by atoms with Crippen molar-refractivity contribution in [2.75, 3.05) is 36.5 Å². The Bertz CT molecular complexity index is 684. The van der Waals surface area contributed by atoms with E-state index in [-0.39, 0.29) is 5.91 Å². The van der Waals surface area contributed by atoms with Gasteiger partial charge in [0.25, 0.3) is 0 Å². The van der Waals surface area contributed by atoms with Gasteiger partial charge in [-0.3, -0.25) is 9.78 Å². The Morgan fingerprint density at radius 1 is 1.30 bits per heavy atom. The second-order valence-corrected chi connectivity index (χ2v) is 4.97. The van der Waals surface area contributed by atoms with E-state index < -0.39 is 0 Å². The van der Waals surface area contributed by atoms with Gasteiger partial charge < -0.3 is 15.0 Å². The molecular formula is C16H17N5O2. The smallest absolute Gasteiger partial charge is 0.249 e. The Balaban J connectivity index is 1.63. The quantitative estimate of drug-likeness (QED) is 0.859. The number of morpholine rings is 1. The predicted molar refractivity (Wildman–Crippen MR) is 87.0 cm³/mol. The monoisotopic (exact) mass is 311 g/mol. The summed E-state index contributed by atoms with van der Waals surface area (Å²) in [5, 5.41) is 2.74. The molecule has 1 fully saturated rings. The van der Waals surface area contributed by atoms with Crippen molar-refractivity contribution in [3.05, 3.63) is 48.6 Å². The molecule has 7 nitrogen and oxygen atoms in total. The number of carbonyl (C=O) groups excluding carboxylic acids is 1. The van der Waals surface area contributed by atoms with Crippen LogP contribution >= 0.6 is 0 Å². The van der Waals surface area contributed by atoms with Gasteiger partial charge in [0.15, 0.2) is 0 Å². The van der Waals surface area contributed by atoms with E-state index >= 15 is 0 Å². The van der Waals surface area contributed by atoms with Crippen molar-refractivity contribution in [2.24, 2.45) is 0 Å². The summed E-state index contributed by atoms with van der Waals surface area (Å²) in [6, 6.07) is 5.45. The minimum Gasteiger partial charge on any atom is -0.378 e. The van der Waals surface area contributed by atoms with Gasteiger partial charge >= 0.3 is 0 Å². The lowest BCUT2D eigenvalue weighted by atomic mass is 10.2. The molecule has 118 valence electrons. The molecule has 0 aliphatic carbocycles. The number of ether oxygens (including phenoxy) is 1. The van der Waals surface area contributed by atoms with Crippen molar-refractivity contribution in [1.29, 1.82) is 0 Å². The summed E-state index contributed by atoms with van der Waals surface area (Å²) in [4.78, 5) is 26.4. The fraction of sp³-hybridized carbons (Fsp3) is 0.250. The third kappa shape index (κ3) is 4.33. The van der Waals surface area contributed by atoms with Crippen LogP contribution in [0.1, 0.15) is 5.56 Å². The number of pyridine rings is 1. The first-order valence-electron chi connectivity index (χ1n) is 7.35. The lowest BCUT2D eigenvalue weighted by Crippen LogP contribution is -2.36. The van der Waals surface area contributed by atoms with Gasteiger partial charge in [0, 0.05) is 37.6 Å². The second kappa shape index (κ2) is 7.46. The molecule has 3 heterocycles. The number of amides is 1. The van der Waals surface area contributed by atoms with Crippen LogP contribution in [-0.2, 0) is 9.53 Å². The van der Waals surface area contributed by atoms with E-state index in [1.54, 1.807) is 24.5 Å². The minimum atomic E-state index is -0.250. The van der Waals surface area contributed by atoms with Gasteiger partial charge in [-0.1, -0.05) is 6.07 Å². The zero-order valence-corrected chi connectivity index (χ0v) is 12.6. The molecule has 0 bridgehead atoms. The maximum atomic E-state index is 12.0. The Labute approximate surface area is 134 Å². The van der Waals surface area contributed by atoms with Crippen molar-refractivity contribution in [3.8, 4) is 0 Å². The summed E-state index contributed by atoms with van der Waals surface area (Å²) in [6.45, 7) is 2.93. The number of hydrogen-bond acceptors (Lipinski definition) is 6. The van der Waals surface area contributed by atoms with E-state index in [4.69, 9.17) is 4.74 Å². The summed E-state index contributed by atoms with van der Waals surface area (Å²) in [7, 11) is 0. The average Bonchev–Trinajstić information content (AvgIpc) is 2.62. The highest BCUT2D eigenvalue weighted by atomic mass is 16.5. The van der Waals surface area contributed by atoms with Crippen molar-refractivity contribution in [2.45, 2.75) is 0 Å². The lowest BCUT2D eigenvalue weighted by molar-refractivity contribution is -0.111. The lowest BCUT2D eigenvalue weighted by Gasteiger charge is -2.27. The van der Waals surface area contributed by atoms with Crippen LogP contribution in [0.4, 0.5) is 11.6 Å². The molecule has 1 aliphatic rings. The first-order valence-corrected chi connectivity index (χ1v) is 7.35. The number of anilines is 2. The van der Waals surface area contributed by atoms with Crippen molar-refractivity contribution < 1.29 is 9.53 Å². The van der Waals surface area contributed by atoms with Gasteiger partial charge in [0.1, 0.15) is 18.0 Å². The van der Waals surface area contributed by atoms with Gasteiger partial charge in [-0.25, -0.2) is 9.97 Å². The van der Waals surface area contributed by atoms with Crippen LogP contribution in [0.25, 0.3) is 6.08 Å². The third-order valence-electron chi connectivity index (χ3n) is 3.35. The predicted octanol–water partition coefficient (Wildman–Crippen LogP) is 1.36. The highest BCUT2D eigenvalue weighted by molar-refractivity contribution is 6.01. The third-order valence-corrected chi connectivity index (χ3v) is 3.35. The zero-order chi connectivity index (χ0) is 15.9. The zero-order valence-electron chi connectivity index (χ0n) is 12.6. The number of carbonyl (C=O) groups is 1. The summed E-state index contributed by atoms with van der Waals surface area (Å²) in [6.07, 6.45) is 7.97. The first-order chi connectivity index (χ1) is 11.3. The van der Waals surface area contributed by atoms with E-state index in [9.17, 15) is 4.79 Å². The van der Waals surface area contributed by atoms with Gasteiger partial charge in [0.2, 0.25) is 5.91 Å². The number of nitrogens with one attached hydrogen (secondary N) is 1. The maximum absolute atomic E-state index is 12.0. The van der Waals surface area contributed by atoms with E-state index in [1.165, 1.54) is 12.4 Å². The Morgan fingerprint density at radius 2 is 2.17 bits per heavy atom. The largest absolute Gasteiger partial charge is 0.378 e. The average molecular weight is 311 g/mol. The SMILES string of the molecule is O=C(/C=C/c1cccnc1)Nc1cc(N2CCOCC2)ncn1. The molecule has 1 saturated heterocycles. The van der Waals surface area contributed by atoms with Crippen LogP contribution in [0.5, 0.6) is 0 Å². The van der Waals surface area contributed by atoms with Crippen LogP contribution in [0.2, 0.25) is 0 Å². The molecule has 0 spiro atoms. The summed E-state index contributed by atoms with van der Waals surface area (Å²) in [5.41, 5.74) is 0.861. The molecule has 1 aliphatic heterocycles. The summed E-state index contributed by atoms with van der Waals surface area (Å²) in [5.74, 6) is 1.01. The van der Waals surface area contributed by atoms with Crippen LogP contribution < -0.4 is 10.2 Å². The number of hydrogen-bond donors (Lipinski definition) is 1. The van der Waals surface area contributed by atoms with Gasteiger partial charge in [0.05, 0.1) is 13.2 Å². The molecule has 0 aromatic carbocycles. The standard InChI is InChI=1S/C16H17N5O2/c22-16(4-3-13-2-1-5-17-11-13)20-14-10-15(19-12-18-14)21-6-8-23-9-7-21/h1-5,10-12H,6-9H2,(H,18,19,20,22)/b4-3+. The van der Waals surface area contributed by atoms with E-state index in [0.29, 0.717) is 19.0 Å². The summed E-state index contributed by atoms with van der Waals surface area (Å²) < 4.78 is 5.32. The van der Waals surface area contributed by atoms with Crippen molar-refractivity contribution in [1.82, 2.24) is 15.0 Å². The summed E-state index contributed by atoms with van der Waals surface area (Å²) >= 11 is 0. The number of rotatable bonds is 4. The first kappa shape index (κ1) is 15.1. The molecule has 23 heavy (non-hydrogen) atoms. The van der Waals surface area contributed by atoms with Gasteiger partial charge in [-0.2, -0.15) is 0 Å². The molecule has 7 heteroatoms. The highest BCUT2D eigenvalue weighted by Crippen LogP contribution is 2.15. The van der Waals surface area contributed by atoms with Crippen molar-refractivity contribution >= 4 is 23.6 Å². The molecule has 2 aromatic heterocycles. The molecule has 3 rings (SSSR count). The van der Waals surface area contributed by atoms with E-state index in [0.717, 1.165) is 24.5 Å². The fourth-order valence-corrected chi connectivity index (χ4v) is 2.20. The van der Waals surface area contributed by atoms with Gasteiger partial charge in [-0.15, -0.1) is 0 Å². The second-order valence-electron chi connectivity index (χ2n) is 4.97. The molecule has 1 amide bonds. The van der Waals surface area contributed by atoms with Crippen LogP contribution in [-0.4, -0.2) is 47.2 Å². The molecule has 0 radical (unpaired) electrons. The number of aromatic nitrogens is 3. The maximum Gasteiger partial charge on any atom is 0.249 e. The molecular weight excluding hydrogens is 294 g/mol. The Morgan fingerprint density at radius 3 is 2.96 bits per heavy atom. The molecule has 0 unspecified atom stereocenters. The molecule has 2 aromatic rings. The molecule has 0 saturated carbocycles. The molecule has 0 atom stereocenters. The highest BCUT2D eigenvalue weighted by Gasteiger charge is 2.13. The Kier molecular flexibility index (Phi) is 4.90. The fourth-order valence-electron chi connectivity index (χ4n) is 2.20. The number of nitrogens with zero attached hydrogens (tertiary/aromatic N) is 4. The van der Waals surface area contributed by atoms with Crippen LogP contribution in [0.15, 0.2) is 43.0 Å². The van der Waals surface area contributed by atoms with Crippen molar-refractivity contribution in [3.63, 3.8) is 0 Å².